The summed E-state index contributed by atoms with van der Waals surface area (Å²) < 4.78 is 10.7. The Balaban J connectivity index is 2.28. The molecule has 3 rings (SSSR count). The van der Waals surface area contributed by atoms with E-state index in [1.807, 2.05) is 56.3 Å². The summed E-state index contributed by atoms with van der Waals surface area (Å²) in [5, 5.41) is 0.931. The average molecular weight is 294 g/mol. The van der Waals surface area contributed by atoms with Gasteiger partial charge in [0.15, 0.2) is 0 Å². The topological polar surface area (TPSA) is 39.4 Å². The molecule has 112 valence electrons. The van der Waals surface area contributed by atoms with Crippen LogP contribution < -0.4 is 5.63 Å². The van der Waals surface area contributed by atoms with Crippen molar-refractivity contribution in [2.45, 2.75) is 20.0 Å². The Kier molecular flexibility index (Phi) is 3.82. The van der Waals surface area contributed by atoms with Crippen LogP contribution in [0.15, 0.2) is 57.7 Å². The quantitative estimate of drug-likeness (QED) is 0.669. The summed E-state index contributed by atoms with van der Waals surface area (Å²) in [6.07, 6.45) is -0.0446. The molecule has 0 fully saturated rings. The zero-order chi connectivity index (χ0) is 15.7. The van der Waals surface area contributed by atoms with Gasteiger partial charge in [0.1, 0.15) is 5.58 Å². The highest BCUT2D eigenvalue weighted by molar-refractivity contribution is 5.94. The normalized spacial score (nSPS) is 12.5. The second kappa shape index (κ2) is 5.78. The summed E-state index contributed by atoms with van der Waals surface area (Å²) in [6.45, 7) is 4.00. The number of methoxy groups -OCH3 is 1. The van der Waals surface area contributed by atoms with Gasteiger partial charge in [0.05, 0.1) is 6.10 Å². The summed E-state index contributed by atoms with van der Waals surface area (Å²) in [4.78, 5) is 11.9. The van der Waals surface area contributed by atoms with Crippen molar-refractivity contribution < 1.29 is 9.15 Å². The van der Waals surface area contributed by atoms with E-state index in [1.54, 1.807) is 13.2 Å². The fourth-order valence-electron chi connectivity index (χ4n) is 2.67. The van der Waals surface area contributed by atoms with Gasteiger partial charge in [-0.05, 0) is 36.6 Å². The van der Waals surface area contributed by atoms with Crippen LogP contribution in [0.2, 0.25) is 0 Å². The van der Waals surface area contributed by atoms with E-state index in [1.165, 1.54) is 0 Å². The molecule has 0 aliphatic heterocycles. The predicted molar refractivity (Wildman–Crippen MR) is 88.1 cm³/mol. The van der Waals surface area contributed by atoms with Crippen molar-refractivity contribution in [1.29, 1.82) is 0 Å². The number of ether oxygens (including phenoxy) is 1. The van der Waals surface area contributed by atoms with Gasteiger partial charge in [-0.3, -0.25) is 0 Å². The SMILES string of the molecule is COC(C)c1ccc2c(-c3ccccc3C)cc(=O)oc2c1. The van der Waals surface area contributed by atoms with Crippen LogP contribution in [0, 0.1) is 6.92 Å². The molecule has 1 atom stereocenters. The van der Waals surface area contributed by atoms with E-state index in [9.17, 15) is 4.79 Å². The lowest BCUT2D eigenvalue weighted by Gasteiger charge is -2.12. The summed E-state index contributed by atoms with van der Waals surface area (Å²) in [5.74, 6) is 0. The summed E-state index contributed by atoms with van der Waals surface area (Å²) in [5.41, 5.74) is 4.32. The standard InChI is InChI=1S/C19H18O3/c1-12-6-4-5-7-15(12)17-11-19(20)22-18-10-14(13(2)21-3)8-9-16(17)18/h4-11,13H,1-3H3. The number of hydrogen-bond donors (Lipinski definition) is 0. The monoisotopic (exact) mass is 294 g/mol. The van der Waals surface area contributed by atoms with Crippen LogP contribution in [0.4, 0.5) is 0 Å². The molecule has 22 heavy (non-hydrogen) atoms. The van der Waals surface area contributed by atoms with Gasteiger partial charge in [-0.15, -0.1) is 0 Å². The summed E-state index contributed by atoms with van der Waals surface area (Å²) >= 11 is 0. The highest BCUT2D eigenvalue weighted by atomic mass is 16.5. The van der Waals surface area contributed by atoms with Crippen LogP contribution in [0.25, 0.3) is 22.1 Å². The Morgan fingerprint density at radius 2 is 1.82 bits per heavy atom. The molecule has 0 saturated heterocycles. The molecule has 0 saturated carbocycles. The van der Waals surface area contributed by atoms with Gasteiger partial charge >= 0.3 is 5.63 Å². The number of hydrogen-bond acceptors (Lipinski definition) is 3. The molecule has 0 spiro atoms. The third kappa shape index (κ3) is 2.55. The first-order chi connectivity index (χ1) is 10.6. The van der Waals surface area contributed by atoms with Gasteiger partial charge in [0, 0.05) is 24.1 Å². The molecule has 0 aliphatic carbocycles. The van der Waals surface area contributed by atoms with Crippen LogP contribution >= 0.6 is 0 Å². The molecule has 1 unspecified atom stereocenters. The molecule has 3 aromatic rings. The van der Waals surface area contributed by atoms with E-state index in [0.29, 0.717) is 5.58 Å². The molecule has 2 aromatic carbocycles. The van der Waals surface area contributed by atoms with Crippen LogP contribution in [-0.2, 0) is 4.74 Å². The minimum Gasteiger partial charge on any atom is -0.423 e. The molecule has 0 aliphatic rings. The minimum absolute atomic E-state index is 0.0446. The minimum atomic E-state index is -0.340. The largest absolute Gasteiger partial charge is 0.423 e. The number of rotatable bonds is 3. The molecule has 0 N–H and O–H groups in total. The smallest absolute Gasteiger partial charge is 0.336 e. The van der Waals surface area contributed by atoms with Crippen molar-refractivity contribution in [3.8, 4) is 11.1 Å². The van der Waals surface area contributed by atoms with E-state index < -0.39 is 0 Å². The Labute approximate surface area is 129 Å². The van der Waals surface area contributed by atoms with Gasteiger partial charge in [-0.2, -0.15) is 0 Å². The Hall–Kier alpha value is -2.39. The Morgan fingerprint density at radius 1 is 1.05 bits per heavy atom. The zero-order valence-corrected chi connectivity index (χ0v) is 12.9. The van der Waals surface area contributed by atoms with Crippen molar-refractivity contribution in [2.24, 2.45) is 0 Å². The maximum atomic E-state index is 11.9. The van der Waals surface area contributed by atoms with E-state index in [4.69, 9.17) is 9.15 Å². The van der Waals surface area contributed by atoms with Crippen molar-refractivity contribution in [1.82, 2.24) is 0 Å². The van der Waals surface area contributed by atoms with Gasteiger partial charge in [0.25, 0.3) is 0 Å². The molecular weight excluding hydrogens is 276 g/mol. The van der Waals surface area contributed by atoms with Gasteiger partial charge in [0.2, 0.25) is 0 Å². The third-order valence-electron chi connectivity index (χ3n) is 4.03. The second-order valence-electron chi connectivity index (χ2n) is 5.43. The number of benzene rings is 2. The molecule has 0 amide bonds. The zero-order valence-electron chi connectivity index (χ0n) is 12.9. The Bertz CT molecular complexity index is 877. The molecule has 1 aromatic heterocycles. The number of fused-ring (bicyclic) bond motifs is 1. The maximum Gasteiger partial charge on any atom is 0.336 e. The maximum absolute atomic E-state index is 11.9. The highest BCUT2D eigenvalue weighted by Crippen LogP contribution is 2.31. The van der Waals surface area contributed by atoms with Gasteiger partial charge < -0.3 is 9.15 Å². The molecule has 1 heterocycles. The van der Waals surface area contributed by atoms with Crippen LogP contribution in [0.1, 0.15) is 24.2 Å². The summed E-state index contributed by atoms with van der Waals surface area (Å²) in [6, 6.07) is 15.5. The van der Waals surface area contributed by atoms with Crippen molar-refractivity contribution >= 4 is 11.0 Å². The molecular formula is C19H18O3. The van der Waals surface area contributed by atoms with E-state index in [2.05, 4.69) is 0 Å². The van der Waals surface area contributed by atoms with E-state index in [-0.39, 0.29) is 11.7 Å². The third-order valence-corrected chi connectivity index (χ3v) is 4.03. The highest BCUT2D eigenvalue weighted by Gasteiger charge is 2.12. The fourth-order valence-corrected chi connectivity index (χ4v) is 2.67. The van der Waals surface area contributed by atoms with Crippen molar-refractivity contribution in [3.63, 3.8) is 0 Å². The Morgan fingerprint density at radius 3 is 2.55 bits per heavy atom. The van der Waals surface area contributed by atoms with E-state index >= 15 is 0 Å². The molecule has 0 radical (unpaired) electrons. The lowest BCUT2D eigenvalue weighted by atomic mass is 9.97. The van der Waals surface area contributed by atoms with Crippen molar-refractivity contribution in [3.05, 3.63) is 70.1 Å². The van der Waals surface area contributed by atoms with Gasteiger partial charge in [-0.1, -0.05) is 36.4 Å². The molecule has 3 nitrogen and oxygen atoms in total. The average Bonchev–Trinajstić information content (AvgIpc) is 2.53. The van der Waals surface area contributed by atoms with Crippen LogP contribution in [0.5, 0.6) is 0 Å². The first-order valence-corrected chi connectivity index (χ1v) is 7.27. The fraction of sp³-hybridized carbons (Fsp3) is 0.211. The van der Waals surface area contributed by atoms with Crippen LogP contribution in [-0.4, -0.2) is 7.11 Å². The van der Waals surface area contributed by atoms with Gasteiger partial charge in [-0.25, -0.2) is 4.79 Å². The molecule has 3 heteroatoms. The lowest BCUT2D eigenvalue weighted by molar-refractivity contribution is 0.119. The molecule has 0 bridgehead atoms. The first-order valence-electron chi connectivity index (χ1n) is 7.27. The summed E-state index contributed by atoms with van der Waals surface area (Å²) in [7, 11) is 1.66. The van der Waals surface area contributed by atoms with E-state index in [0.717, 1.165) is 27.6 Å². The van der Waals surface area contributed by atoms with Crippen molar-refractivity contribution in [2.75, 3.05) is 7.11 Å². The van der Waals surface area contributed by atoms with Crippen LogP contribution in [0.3, 0.4) is 0 Å². The number of aryl methyl sites for hydroxylation is 1. The first kappa shape index (κ1) is 14.5. The second-order valence-corrected chi connectivity index (χ2v) is 5.43. The predicted octanol–water partition coefficient (Wildman–Crippen LogP) is 4.48. The lowest BCUT2D eigenvalue weighted by Crippen LogP contribution is -2.01.